The fourth-order valence-electron chi connectivity index (χ4n) is 1.97. The number of hydrogen-bond acceptors (Lipinski definition) is 2. The molecule has 1 N–H and O–H groups in total. The van der Waals surface area contributed by atoms with Crippen LogP contribution in [0.4, 0.5) is 0 Å². The fraction of sp³-hybridized carbons (Fsp3) is 0.308. The van der Waals surface area contributed by atoms with Gasteiger partial charge in [-0.3, -0.25) is 0 Å². The average Bonchev–Trinajstić information content (AvgIpc) is 2.64. The van der Waals surface area contributed by atoms with Crippen LogP contribution in [0.3, 0.4) is 0 Å². The predicted octanol–water partition coefficient (Wildman–Crippen LogP) is 2.88. The van der Waals surface area contributed by atoms with Gasteiger partial charge in [0.25, 0.3) is 0 Å². The van der Waals surface area contributed by atoms with Gasteiger partial charge in [-0.2, -0.15) is 0 Å². The molecule has 0 saturated carbocycles. The molecule has 0 aliphatic rings. The van der Waals surface area contributed by atoms with Gasteiger partial charge < -0.3 is 9.88 Å². The third kappa shape index (κ3) is 2.42. The van der Waals surface area contributed by atoms with Crippen molar-refractivity contribution in [3.8, 4) is 11.3 Å². The Balaban J connectivity index is 2.58. The SMILES string of the molecule is CNCc1ncn(C)c1-c1cc(Br)ccc1C. The Morgan fingerprint density at radius 2 is 2.18 bits per heavy atom. The molecule has 90 valence electrons. The molecule has 0 aliphatic heterocycles. The minimum atomic E-state index is 0.780. The van der Waals surface area contributed by atoms with E-state index < -0.39 is 0 Å². The van der Waals surface area contributed by atoms with Crippen molar-refractivity contribution in [1.29, 1.82) is 0 Å². The molecule has 0 fully saturated rings. The van der Waals surface area contributed by atoms with E-state index >= 15 is 0 Å². The third-order valence-electron chi connectivity index (χ3n) is 2.81. The first-order chi connectivity index (χ1) is 8.13. The maximum absolute atomic E-state index is 4.44. The quantitative estimate of drug-likeness (QED) is 0.943. The molecule has 0 saturated heterocycles. The maximum atomic E-state index is 4.44. The molecule has 3 nitrogen and oxygen atoms in total. The van der Waals surface area contributed by atoms with Gasteiger partial charge in [0.2, 0.25) is 0 Å². The van der Waals surface area contributed by atoms with Crippen LogP contribution < -0.4 is 5.32 Å². The van der Waals surface area contributed by atoms with Gasteiger partial charge in [-0.05, 0) is 31.7 Å². The van der Waals surface area contributed by atoms with Crippen molar-refractivity contribution < 1.29 is 0 Å². The second-order valence-corrected chi connectivity index (χ2v) is 5.06. The first-order valence-corrected chi connectivity index (χ1v) is 6.34. The van der Waals surface area contributed by atoms with E-state index in [9.17, 15) is 0 Å². The topological polar surface area (TPSA) is 29.9 Å². The first-order valence-electron chi connectivity index (χ1n) is 5.54. The summed E-state index contributed by atoms with van der Waals surface area (Å²) in [5.74, 6) is 0. The molecule has 0 unspecified atom stereocenters. The van der Waals surface area contributed by atoms with E-state index in [0.717, 1.165) is 16.7 Å². The number of benzene rings is 1. The molecule has 0 bridgehead atoms. The predicted molar refractivity (Wildman–Crippen MR) is 73.8 cm³/mol. The largest absolute Gasteiger partial charge is 0.333 e. The van der Waals surface area contributed by atoms with Crippen molar-refractivity contribution in [2.24, 2.45) is 7.05 Å². The van der Waals surface area contributed by atoms with Crippen molar-refractivity contribution in [2.75, 3.05) is 7.05 Å². The normalized spacial score (nSPS) is 10.8. The number of rotatable bonds is 3. The van der Waals surface area contributed by atoms with Gasteiger partial charge in [0.1, 0.15) is 0 Å². The van der Waals surface area contributed by atoms with Crippen LogP contribution in [0.2, 0.25) is 0 Å². The van der Waals surface area contributed by atoms with Gasteiger partial charge in [-0.15, -0.1) is 0 Å². The lowest BCUT2D eigenvalue weighted by Gasteiger charge is -2.10. The average molecular weight is 294 g/mol. The molecule has 2 rings (SSSR count). The number of hydrogen-bond donors (Lipinski definition) is 1. The number of imidazole rings is 1. The van der Waals surface area contributed by atoms with Crippen molar-refractivity contribution >= 4 is 15.9 Å². The number of nitrogens with one attached hydrogen (secondary N) is 1. The van der Waals surface area contributed by atoms with Crippen LogP contribution in [0.1, 0.15) is 11.3 Å². The molecule has 0 radical (unpaired) electrons. The highest BCUT2D eigenvalue weighted by Gasteiger charge is 2.12. The van der Waals surface area contributed by atoms with Gasteiger partial charge >= 0.3 is 0 Å². The van der Waals surface area contributed by atoms with Gasteiger partial charge in [0.15, 0.2) is 0 Å². The fourth-order valence-corrected chi connectivity index (χ4v) is 2.33. The van der Waals surface area contributed by atoms with Crippen LogP contribution in [0, 0.1) is 6.92 Å². The smallest absolute Gasteiger partial charge is 0.0952 e. The molecule has 0 amide bonds. The second-order valence-electron chi connectivity index (χ2n) is 4.14. The summed E-state index contributed by atoms with van der Waals surface area (Å²) in [5.41, 5.74) is 4.74. The summed E-state index contributed by atoms with van der Waals surface area (Å²) in [5, 5.41) is 3.15. The lowest BCUT2D eigenvalue weighted by Crippen LogP contribution is -2.07. The lowest BCUT2D eigenvalue weighted by atomic mass is 10.0. The zero-order valence-corrected chi connectivity index (χ0v) is 11.9. The molecular weight excluding hydrogens is 278 g/mol. The van der Waals surface area contributed by atoms with Crippen LogP contribution >= 0.6 is 15.9 Å². The Kier molecular flexibility index (Phi) is 3.64. The Bertz CT molecular complexity index is 531. The van der Waals surface area contributed by atoms with Crippen molar-refractivity contribution in [1.82, 2.24) is 14.9 Å². The Morgan fingerprint density at radius 3 is 2.88 bits per heavy atom. The summed E-state index contributed by atoms with van der Waals surface area (Å²) in [7, 11) is 3.97. The lowest BCUT2D eigenvalue weighted by molar-refractivity contribution is 0.797. The number of nitrogens with zero attached hydrogens (tertiary/aromatic N) is 2. The minimum Gasteiger partial charge on any atom is -0.333 e. The van der Waals surface area contributed by atoms with Gasteiger partial charge in [-0.1, -0.05) is 22.0 Å². The molecule has 2 aromatic rings. The molecule has 17 heavy (non-hydrogen) atoms. The standard InChI is InChI=1S/C13H16BrN3/c1-9-4-5-10(14)6-11(9)13-12(7-15-2)16-8-17(13)3/h4-6,8,15H,7H2,1-3H3. The molecule has 4 heteroatoms. The van der Waals surface area contributed by atoms with E-state index in [2.05, 4.69) is 55.9 Å². The molecule has 0 spiro atoms. The third-order valence-corrected chi connectivity index (χ3v) is 3.31. The molecular formula is C13H16BrN3. The van der Waals surface area contributed by atoms with Crippen LogP contribution in [-0.2, 0) is 13.6 Å². The molecule has 1 heterocycles. The van der Waals surface area contributed by atoms with Crippen LogP contribution in [0.5, 0.6) is 0 Å². The van der Waals surface area contributed by atoms with Crippen molar-refractivity contribution in [3.05, 3.63) is 40.3 Å². The van der Waals surface area contributed by atoms with Crippen LogP contribution in [-0.4, -0.2) is 16.6 Å². The molecule has 1 aromatic heterocycles. The monoisotopic (exact) mass is 293 g/mol. The zero-order valence-electron chi connectivity index (χ0n) is 10.3. The molecule has 1 aromatic carbocycles. The van der Waals surface area contributed by atoms with E-state index in [4.69, 9.17) is 0 Å². The van der Waals surface area contributed by atoms with E-state index in [1.54, 1.807) is 0 Å². The highest BCUT2D eigenvalue weighted by atomic mass is 79.9. The summed E-state index contributed by atoms with van der Waals surface area (Å²) < 4.78 is 3.16. The highest BCUT2D eigenvalue weighted by molar-refractivity contribution is 9.10. The van der Waals surface area contributed by atoms with E-state index in [1.807, 2.05) is 20.4 Å². The number of aryl methyl sites for hydroxylation is 2. The van der Waals surface area contributed by atoms with Crippen molar-refractivity contribution in [3.63, 3.8) is 0 Å². The Hall–Kier alpha value is -1.13. The Labute approximate surface area is 110 Å². The maximum Gasteiger partial charge on any atom is 0.0952 e. The number of halogens is 1. The zero-order chi connectivity index (χ0) is 12.4. The Morgan fingerprint density at radius 1 is 1.41 bits per heavy atom. The summed E-state index contributed by atoms with van der Waals surface area (Å²) in [6.07, 6.45) is 1.86. The summed E-state index contributed by atoms with van der Waals surface area (Å²) in [6.45, 7) is 2.90. The first kappa shape index (κ1) is 12.3. The molecule has 0 atom stereocenters. The summed E-state index contributed by atoms with van der Waals surface area (Å²) in [6, 6.07) is 6.33. The highest BCUT2D eigenvalue weighted by Crippen LogP contribution is 2.28. The molecule has 0 aliphatic carbocycles. The van der Waals surface area contributed by atoms with Crippen molar-refractivity contribution in [2.45, 2.75) is 13.5 Å². The second kappa shape index (κ2) is 5.02. The van der Waals surface area contributed by atoms with Gasteiger partial charge in [0, 0.05) is 23.6 Å². The van der Waals surface area contributed by atoms with Gasteiger partial charge in [0.05, 0.1) is 17.7 Å². The van der Waals surface area contributed by atoms with Crippen LogP contribution in [0.25, 0.3) is 11.3 Å². The van der Waals surface area contributed by atoms with E-state index in [0.29, 0.717) is 0 Å². The van der Waals surface area contributed by atoms with E-state index in [1.165, 1.54) is 16.8 Å². The summed E-state index contributed by atoms with van der Waals surface area (Å²) >= 11 is 3.52. The number of aromatic nitrogens is 2. The van der Waals surface area contributed by atoms with E-state index in [-0.39, 0.29) is 0 Å². The summed E-state index contributed by atoms with van der Waals surface area (Å²) in [4.78, 5) is 4.44. The minimum absolute atomic E-state index is 0.780. The van der Waals surface area contributed by atoms with Crippen LogP contribution in [0.15, 0.2) is 29.0 Å². The van der Waals surface area contributed by atoms with Gasteiger partial charge in [-0.25, -0.2) is 4.98 Å².